The van der Waals surface area contributed by atoms with Gasteiger partial charge in [-0.3, -0.25) is 0 Å². The first kappa shape index (κ1) is 16.9. The monoisotopic (exact) mass is 342 g/mol. The number of fused-ring (bicyclic) bond motifs is 1. The molecule has 0 aliphatic carbocycles. The van der Waals surface area contributed by atoms with Gasteiger partial charge in [0, 0.05) is 5.56 Å². The Balaban J connectivity index is 1.97. The molecule has 0 spiro atoms. The zero-order valence-corrected chi connectivity index (χ0v) is 15.0. The van der Waals surface area contributed by atoms with Crippen LogP contribution in [0.15, 0.2) is 48.5 Å². The van der Waals surface area contributed by atoms with E-state index in [0.29, 0.717) is 17.4 Å². The summed E-state index contributed by atoms with van der Waals surface area (Å²) < 4.78 is 11.4. The minimum Gasteiger partial charge on any atom is -0.484 e. The Kier molecular flexibility index (Phi) is 5.14. The Labute approximate surface area is 147 Å². The highest BCUT2D eigenvalue weighted by Gasteiger charge is 2.37. The van der Waals surface area contributed by atoms with Crippen molar-refractivity contribution in [2.24, 2.45) is 0 Å². The molecule has 0 bridgehead atoms. The van der Waals surface area contributed by atoms with Gasteiger partial charge >= 0.3 is 5.97 Å². The van der Waals surface area contributed by atoms with E-state index in [1.807, 2.05) is 49.0 Å². The Morgan fingerprint density at radius 2 is 1.96 bits per heavy atom. The third-order valence-electron chi connectivity index (χ3n) is 3.90. The summed E-state index contributed by atoms with van der Waals surface area (Å²) in [7, 11) is 0. The first-order chi connectivity index (χ1) is 11.6. The summed E-state index contributed by atoms with van der Waals surface area (Å²) in [5, 5.41) is 0.624. The standard InChI is InChI=1S/C20H22O3S/c1-4-22-20(21)15-10-11-17-16(12-15)19(24-13(2)3)18(23-17)14-8-6-5-7-9-14/h5-13,18-19H,4H2,1-3H3. The van der Waals surface area contributed by atoms with E-state index < -0.39 is 0 Å². The Bertz CT molecular complexity index is 712. The molecule has 3 nitrogen and oxygen atoms in total. The average Bonchev–Trinajstić information content (AvgIpc) is 2.93. The summed E-state index contributed by atoms with van der Waals surface area (Å²) in [5.74, 6) is 0.576. The molecule has 3 rings (SSSR count). The fourth-order valence-corrected chi connectivity index (χ4v) is 4.18. The van der Waals surface area contributed by atoms with Crippen LogP contribution >= 0.6 is 11.8 Å². The fourth-order valence-electron chi connectivity index (χ4n) is 2.90. The molecule has 2 aromatic carbocycles. The third kappa shape index (κ3) is 3.44. The lowest BCUT2D eigenvalue weighted by Gasteiger charge is -2.21. The lowest BCUT2D eigenvalue weighted by Crippen LogP contribution is -2.09. The molecule has 0 fully saturated rings. The largest absolute Gasteiger partial charge is 0.484 e. The van der Waals surface area contributed by atoms with E-state index >= 15 is 0 Å². The second kappa shape index (κ2) is 7.31. The van der Waals surface area contributed by atoms with Crippen molar-refractivity contribution in [3.63, 3.8) is 0 Å². The zero-order valence-electron chi connectivity index (χ0n) is 14.2. The third-order valence-corrected chi connectivity index (χ3v) is 5.24. The molecule has 2 atom stereocenters. The van der Waals surface area contributed by atoms with Crippen molar-refractivity contribution in [3.05, 3.63) is 65.2 Å². The topological polar surface area (TPSA) is 35.5 Å². The van der Waals surface area contributed by atoms with Gasteiger partial charge in [-0.05, 0) is 35.9 Å². The number of thioether (sulfide) groups is 1. The van der Waals surface area contributed by atoms with Gasteiger partial charge < -0.3 is 9.47 Å². The van der Waals surface area contributed by atoms with E-state index in [4.69, 9.17) is 9.47 Å². The molecule has 1 heterocycles. The maximum absolute atomic E-state index is 12.1. The highest BCUT2D eigenvalue weighted by atomic mass is 32.2. The molecule has 126 valence electrons. The summed E-state index contributed by atoms with van der Waals surface area (Å²) in [5.41, 5.74) is 2.82. The van der Waals surface area contributed by atoms with E-state index in [-0.39, 0.29) is 17.3 Å². The van der Waals surface area contributed by atoms with E-state index in [1.165, 1.54) is 0 Å². The second-order valence-corrected chi connectivity index (χ2v) is 7.75. The molecule has 0 amide bonds. The molecule has 2 aromatic rings. The molecular weight excluding hydrogens is 320 g/mol. The minimum atomic E-state index is -0.281. The van der Waals surface area contributed by atoms with E-state index in [9.17, 15) is 4.79 Å². The van der Waals surface area contributed by atoms with E-state index in [1.54, 1.807) is 6.07 Å². The highest BCUT2D eigenvalue weighted by Crippen LogP contribution is 2.53. The van der Waals surface area contributed by atoms with Crippen LogP contribution in [0.5, 0.6) is 5.75 Å². The van der Waals surface area contributed by atoms with Gasteiger partial charge in [0.25, 0.3) is 0 Å². The first-order valence-electron chi connectivity index (χ1n) is 8.28. The van der Waals surface area contributed by atoms with Crippen LogP contribution in [0.3, 0.4) is 0 Å². The van der Waals surface area contributed by atoms with Gasteiger partial charge in [0.05, 0.1) is 17.4 Å². The zero-order chi connectivity index (χ0) is 17.1. The van der Waals surface area contributed by atoms with Gasteiger partial charge in [0.2, 0.25) is 0 Å². The van der Waals surface area contributed by atoms with Gasteiger partial charge in [-0.1, -0.05) is 44.2 Å². The number of ether oxygens (including phenoxy) is 2. The molecule has 2 unspecified atom stereocenters. The lowest BCUT2D eigenvalue weighted by molar-refractivity contribution is 0.0526. The number of rotatable bonds is 5. The molecule has 0 saturated heterocycles. The predicted octanol–water partition coefficient (Wildman–Crippen LogP) is 5.18. The van der Waals surface area contributed by atoms with Crippen LogP contribution in [-0.2, 0) is 4.74 Å². The van der Waals surface area contributed by atoms with Crippen molar-refractivity contribution in [2.75, 3.05) is 6.61 Å². The second-order valence-electron chi connectivity index (χ2n) is 6.03. The van der Waals surface area contributed by atoms with Crippen LogP contribution in [0.4, 0.5) is 0 Å². The van der Waals surface area contributed by atoms with Crippen LogP contribution in [-0.4, -0.2) is 17.8 Å². The molecular formula is C20H22O3S. The summed E-state index contributed by atoms with van der Waals surface area (Å²) in [6.45, 7) is 6.56. The molecule has 4 heteroatoms. The maximum Gasteiger partial charge on any atom is 0.338 e. The molecule has 0 radical (unpaired) electrons. The lowest BCUT2D eigenvalue weighted by atomic mass is 10.0. The van der Waals surface area contributed by atoms with Crippen LogP contribution in [0, 0.1) is 0 Å². The molecule has 1 aliphatic rings. The number of benzene rings is 2. The number of hydrogen-bond donors (Lipinski definition) is 0. The van der Waals surface area contributed by atoms with Gasteiger partial charge in [0.15, 0.2) is 0 Å². The van der Waals surface area contributed by atoms with Crippen molar-refractivity contribution >= 4 is 17.7 Å². The Hall–Kier alpha value is -1.94. The van der Waals surface area contributed by atoms with Crippen LogP contribution in [0.2, 0.25) is 0 Å². The summed E-state index contributed by atoms with van der Waals surface area (Å²) in [6.07, 6.45) is -0.0361. The normalized spacial score (nSPS) is 19.0. The van der Waals surface area contributed by atoms with Gasteiger partial charge in [0.1, 0.15) is 11.9 Å². The number of esters is 1. The molecule has 0 aromatic heterocycles. The fraction of sp³-hybridized carbons (Fsp3) is 0.350. The van der Waals surface area contributed by atoms with Gasteiger partial charge in [-0.2, -0.15) is 0 Å². The van der Waals surface area contributed by atoms with E-state index in [0.717, 1.165) is 16.9 Å². The van der Waals surface area contributed by atoms with Crippen molar-refractivity contribution in [1.82, 2.24) is 0 Å². The highest BCUT2D eigenvalue weighted by molar-refractivity contribution is 8.00. The summed E-state index contributed by atoms with van der Waals surface area (Å²) in [6, 6.07) is 15.9. The SMILES string of the molecule is CCOC(=O)c1ccc2c(c1)C(SC(C)C)C(c1ccccc1)O2. The first-order valence-corrected chi connectivity index (χ1v) is 9.22. The van der Waals surface area contributed by atoms with Crippen molar-refractivity contribution < 1.29 is 14.3 Å². The average molecular weight is 342 g/mol. The smallest absolute Gasteiger partial charge is 0.338 e. The molecule has 0 N–H and O–H groups in total. The quantitative estimate of drug-likeness (QED) is 0.701. The van der Waals surface area contributed by atoms with Crippen molar-refractivity contribution in [2.45, 2.75) is 37.4 Å². The van der Waals surface area contributed by atoms with Crippen LogP contribution in [0.1, 0.15) is 53.6 Å². The number of carbonyl (C=O) groups excluding carboxylic acids is 1. The minimum absolute atomic E-state index is 0.0361. The molecule has 24 heavy (non-hydrogen) atoms. The van der Waals surface area contributed by atoms with Crippen molar-refractivity contribution in [1.29, 1.82) is 0 Å². The van der Waals surface area contributed by atoms with Gasteiger partial charge in [-0.25, -0.2) is 4.79 Å². The Morgan fingerprint density at radius 1 is 1.21 bits per heavy atom. The Morgan fingerprint density at radius 3 is 2.62 bits per heavy atom. The van der Waals surface area contributed by atoms with Gasteiger partial charge in [-0.15, -0.1) is 11.8 Å². The maximum atomic E-state index is 12.1. The summed E-state index contributed by atoms with van der Waals surface area (Å²) in [4.78, 5) is 12.1. The molecule has 1 aliphatic heterocycles. The number of hydrogen-bond acceptors (Lipinski definition) is 4. The predicted molar refractivity (Wildman–Crippen MR) is 97.7 cm³/mol. The number of carbonyl (C=O) groups is 1. The summed E-state index contributed by atoms with van der Waals surface area (Å²) >= 11 is 1.86. The van der Waals surface area contributed by atoms with Crippen molar-refractivity contribution in [3.8, 4) is 5.75 Å². The van der Waals surface area contributed by atoms with Crippen LogP contribution in [0.25, 0.3) is 0 Å². The van der Waals surface area contributed by atoms with Crippen LogP contribution < -0.4 is 4.74 Å². The molecule has 0 saturated carbocycles. The van der Waals surface area contributed by atoms with E-state index in [2.05, 4.69) is 26.0 Å².